The fourth-order valence-electron chi connectivity index (χ4n) is 1.69. The summed E-state index contributed by atoms with van der Waals surface area (Å²) in [6.07, 6.45) is 0. The van der Waals surface area contributed by atoms with Crippen LogP contribution in [-0.2, 0) is 0 Å². The molecule has 4 heteroatoms. The first-order valence-electron chi connectivity index (χ1n) is 6.00. The predicted octanol–water partition coefficient (Wildman–Crippen LogP) is 4.66. The van der Waals surface area contributed by atoms with Crippen molar-refractivity contribution in [3.8, 4) is 11.5 Å². The second-order valence-electron chi connectivity index (χ2n) is 4.26. The van der Waals surface area contributed by atoms with Gasteiger partial charge in [-0.3, -0.25) is 0 Å². The zero-order chi connectivity index (χ0) is 13.8. The molecule has 1 N–H and O–H groups in total. The van der Waals surface area contributed by atoms with Gasteiger partial charge in [-0.05, 0) is 49.9 Å². The molecule has 0 saturated carbocycles. The van der Waals surface area contributed by atoms with Gasteiger partial charge in [-0.25, -0.2) is 4.39 Å². The minimum Gasteiger partial charge on any atom is -0.454 e. The quantitative estimate of drug-likeness (QED) is 0.883. The first kappa shape index (κ1) is 14.0. The van der Waals surface area contributed by atoms with Crippen LogP contribution in [0.25, 0.3) is 0 Å². The molecular formula is C15H15BrFNO. The van der Waals surface area contributed by atoms with Crippen LogP contribution in [0.1, 0.15) is 18.5 Å². The zero-order valence-electron chi connectivity index (χ0n) is 10.8. The molecule has 100 valence electrons. The molecule has 19 heavy (non-hydrogen) atoms. The van der Waals surface area contributed by atoms with Gasteiger partial charge >= 0.3 is 0 Å². The predicted molar refractivity (Wildman–Crippen MR) is 78.1 cm³/mol. The molecule has 0 bridgehead atoms. The average molecular weight is 324 g/mol. The van der Waals surface area contributed by atoms with E-state index in [9.17, 15) is 4.39 Å². The normalized spacial score (nSPS) is 12.2. The fourth-order valence-corrected chi connectivity index (χ4v) is 2.07. The number of benzene rings is 2. The van der Waals surface area contributed by atoms with Crippen LogP contribution < -0.4 is 10.1 Å². The van der Waals surface area contributed by atoms with E-state index in [2.05, 4.69) is 21.2 Å². The van der Waals surface area contributed by atoms with Crippen LogP contribution in [-0.4, -0.2) is 7.05 Å². The topological polar surface area (TPSA) is 21.3 Å². The third-order valence-electron chi connectivity index (χ3n) is 2.91. The maximum Gasteiger partial charge on any atom is 0.166 e. The SMILES string of the molecule is CNC(C)c1ccc(Oc2cccc(Br)c2)c(F)c1. The van der Waals surface area contributed by atoms with Crippen LogP contribution in [0.15, 0.2) is 46.9 Å². The molecular weight excluding hydrogens is 309 g/mol. The molecule has 0 heterocycles. The van der Waals surface area contributed by atoms with E-state index in [1.807, 2.05) is 32.2 Å². The molecule has 0 fully saturated rings. The van der Waals surface area contributed by atoms with E-state index in [1.165, 1.54) is 6.07 Å². The van der Waals surface area contributed by atoms with Gasteiger partial charge in [0.2, 0.25) is 0 Å². The molecule has 0 radical (unpaired) electrons. The molecule has 0 aliphatic rings. The largest absolute Gasteiger partial charge is 0.454 e. The fraction of sp³-hybridized carbons (Fsp3) is 0.200. The van der Waals surface area contributed by atoms with Crippen LogP contribution in [0.2, 0.25) is 0 Å². The lowest BCUT2D eigenvalue weighted by Crippen LogP contribution is -2.12. The van der Waals surface area contributed by atoms with Crippen LogP contribution in [0.5, 0.6) is 11.5 Å². The lowest BCUT2D eigenvalue weighted by Gasteiger charge is -2.12. The number of halogens is 2. The van der Waals surface area contributed by atoms with Crippen molar-refractivity contribution in [2.75, 3.05) is 7.05 Å². The molecule has 0 aromatic heterocycles. The zero-order valence-corrected chi connectivity index (χ0v) is 12.4. The molecule has 0 aliphatic carbocycles. The van der Waals surface area contributed by atoms with Gasteiger partial charge in [0.15, 0.2) is 11.6 Å². The first-order chi connectivity index (χ1) is 9.10. The number of nitrogens with one attached hydrogen (secondary N) is 1. The van der Waals surface area contributed by atoms with Crippen molar-refractivity contribution < 1.29 is 9.13 Å². The van der Waals surface area contributed by atoms with Gasteiger partial charge in [0.05, 0.1) is 0 Å². The molecule has 1 atom stereocenters. The van der Waals surface area contributed by atoms with Gasteiger partial charge in [0, 0.05) is 10.5 Å². The number of hydrogen-bond acceptors (Lipinski definition) is 2. The van der Waals surface area contributed by atoms with E-state index >= 15 is 0 Å². The summed E-state index contributed by atoms with van der Waals surface area (Å²) in [7, 11) is 1.84. The summed E-state index contributed by atoms with van der Waals surface area (Å²) >= 11 is 3.35. The summed E-state index contributed by atoms with van der Waals surface area (Å²) in [5.74, 6) is 0.465. The Bertz CT molecular complexity index is 574. The van der Waals surface area contributed by atoms with Crippen molar-refractivity contribution in [3.05, 3.63) is 58.3 Å². The Labute approximate surface area is 120 Å². The van der Waals surface area contributed by atoms with Gasteiger partial charge in [-0.15, -0.1) is 0 Å². The Kier molecular flexibility index (Phi) is 4.56. The minimum atomic E-state index is -0.362. The molecule has 0 aliphatic heterocycles. The van der Waals surface area contributed by atoms with Crippen LogP contribution >= 0.6 is 15.9 Å². The summed E-state index contributed by atoms with van der Waals surface area (Å²) in [6.45, 7) is 1.98. The minimum absolute atomic E-state index is 0.106. The molecule has 2 aromatic carbocycles. The summed E-state index contributed by atoms with van der Waals surface area (Å²) in [4.78, 5) is 0. The van der Waals surface area contributed by atoms with E-state index in [0.29, 0.717) is 5.75 Å². The Balaban J connectivity index is 2.22. The monoisotopic (exact) mass is 323 g/mol. The number of hydrogen-bond donors (Lipinski definition) is 1. The van der Waals surface area contributed by atoms with Gasteiger partial charge in [-0.1, -0.05) is 28.1 Å². The van der Waals surface area contributed by atoms with Crippen molar-refractivity contribution >= 4 is 15.9 Å². The number of ether oxygens (including phenoxy) is 1. The molecule has 0 saturated heterocycles. The van der Waals surface area contributed by atoms with E-state index in [0.717, 1.165) is 10.0 Å². The second-order valence-corrected chi connectivity index (χ2v) is 5.18. The second kappa shape index (κ2) is 6.17. The average Bonchev–Trinajstić information content (AvgIpc) is 2.40. The molecule has 1 unspecified atom stereocenters. The van der Waals surface area contributed by atoms with Gasteiger partial charge < -0.3 is 10.1 Å². The van der Waals surface area contributed by atoms with Crippen LogP contribution in [0.3, 0.4) is 0 Å². The molecule has 2 rings (SSSR count). The standard InChI is InChI=1S/C15H15BrFNO/c1-10(18-2)11-6-7-15(14(17)8-11)19-13-5-3-4-12(16)9-13/h3-10,18H,1-2H3. The maximum atomic E-state index is 14.0. The molecule has 0 spiro atoms. The highest BCUT2D eigenvalue weighted by Gasteiger charge is 2.09. The van der Waals surface area contributed by atoms with Gasteiger partial charge in [0.25, 0.3) is 0 Å². The maximum absolute atomic E-state index is 14.0. The van der Waals surface area contributed by atoms with E-state index < -0.39 is 0 Å². The Morgan fingerprint density at radius 2 is 2.00 bits per heavy atom. The van der Waals surface area contributed by atoms with Crippen molar-refractivity contribution in [2.45, 2.75) is 13.0 Å². The lowest BCUT2D eigenvalue weighted by molar-refractivity contribution is 0.440. The Morgan fingerprint density at radius 1 is 1.21 bits per heavy atom. The van der Waals surface area contributed by atoms with E-state index in [-0.39, 0.29) is 17.6 Å². The summed E-state index contributed by atoms with van der Waals surface area (Å²) < 4.78 is 20.4. The first-order valence-corrected chi connectivity index (χ1v) is 6.79. The summed E-state index contributed by atoms with van der Waals surface area (Å²) in [5, 5.41) is 3.07. The van der Waals surface area contributed by atoms with Crippen molar-refractivity contribution in [1.29, 1.82) is 0 Å². The third kappa shape index (κ3) is 3.55. The summed E-state index contributed by atoms with van der Waals surface area (Å²) in [6, 6.07) is 12.4. The van der Waals surface area contributed by atoms with Crippen LogP contribution in [0, 0.1) is 5.82 Å². The summed E-state index contributed by atoms with van der Waals surface area (Å²) in [5.41, 5.74) is 0.890. The van der Waals surface area contributed by atoms with Gasteiger partial charge in [-0.2, -0.15) is 0 Å². The van der Waals surface area contributed by atoms with Crippen molar-refractivity contribution in [3.63, 3.8) is 0 Å². The van der Waals surface area contributed by atoms with E-state index in [1.54, 1.807) is 18.2 Å². The smallest absolute Gasteiger partial charge is 0.166 e. The van der Waals surface area contributed by atoms with Gasteiger partial charge in [0.1, 0.15) is 5.75 Å². The lowest BCUT2D eigenvalue weighted by atomic mass is 10.1. The van der Waals surface area contributed by atoms with Crippen LogP contribution in [0.4, 0.5) is 4.39 Å². The molecule has 2 nitrogen and oxygen atoms in total. The Morgan fingerprint density at radius 3 is 2.63 bits per heavy atom. The number of rotatable bonds is 4. The van der Waals surface area contributed by atoms with Crippen molar-refractivity contribution in [1.82, 2.24) is 5.32 Å². The molecule has 2 aromatic rings. The van der Waals surface area contributed by atoms with Crippen molar-refractivity contribution in [2.24, 2.45) is 0 Å². The van der Waals surface area contributed by atoms with E-state index in [4.69, 9.17) is 4.74 Å². The highest BCUT2D eigenvalue weighted by molar-refractivity contribution is 9.10. The highest BCUT2D eigenvalue weighted by atomic mass is 79.9. The third-order valence-corrected chi connectivity index (χ3v) is 3.41. The molecule has 0 amide bonds. The highest BCUT2D eigenvalue weighted by Crippen LogP contribution is 2.28. The Hall–Kier alpha value is -1.39.